The topological polar surface area (TPSA) is 109 Å². The fourth-order valence-electron chi connectivity index (χ4n) is 4.38. The lowest BCUT2D eigenvalue weighted by molar-refractivity contribution is 0.0663. The zero-order valence-electron chi connectivity index (χ0n) is 22.9. The van der Waals surface area contributed by atoms with E-state index in [0.717, 1.165) is 35.5 Å². The second kappa shape index (κ2) is 10.5. The van der Waals surface area contributed by atoms with E-state index in [0.29, 0.717) is 30.1 Å². The minimum atomic E-state index is -0.349. The summed E-state index contributed by atoms with van der Waals surface area (Å²) in [5, 5.41) is 11.4. The van der Waals surface area contributed by atoms with E-state index in [1.54, 1.807) is 29.3 Å². The average molecular weight is 528 g/mol. The van der Waals surface area contributed by atoms with E-state index >= 15 is 0 Å². The number of anilines is 1. The molecule has 2 amide bonds. The molecule has 4 aromatic rings. The number of nitrogens with zero attached hydrogens (tertiary/aromatic N) is 6. The molecule has 0 bridgehead atoms. The highest BCUT2D eigenvalue weighted by molar-refractivity contribution is 6.03. The highest BCUT2D eigenvalue weighted by Crippen LogP contribution is 2.26. The fraction of sp³-hybridized carbons (Fsp3) is 0.345. The van der Waals surface area contributed by atoms with Gasteiger partial charge < -0.3 is 19.6 Å². The summed E-state index contributed by atoms with van der Waals surface area (Å²) in [6, 6.07) is 9.15. The van der Waals surface area contributed by atoms with Crippen LogP contribution in [0.25, 0.3) is 16.8 Å². The van der Waals surface area contributed by atoms with E-state index in [4.69, 9.17) is 4.52 Å². The molecule has 0 unspecified atom stereocenters. The van der Waals surface area contributed by atoms with Crippen molar-refractivity contribution in [2.75, 3.05) is 38.5 Å². The number of hydrogen-bond donors (Lipinski definition) is 1. The Bertz CT molecular complexity index is 1510. The highest BCUT2D eigenvalue weighted by Gasteiger charge is 2.23. The summed E-state index contributed by atoms with van der Waals surface area (Å²) in [4.78, 5) is 34.3. The number of carbonyl (C=O) groups excluding carboxylic acids is 2. The maximum Gasteiger partial charge on any atom is 0.277 e. The zero-order valence-corrected chi connectivity index (χ0v) is 22.9. The monoisotopic (exact) mass is 527 g/mol. The van der Waals surface area contributed by atoms with E-state index in [2.05, 4.69) is 32.5 Å². The molecule has 1 aromatic carbocycles. The molecular weight excluding hydrogens is 494 g/mol. The first-order valence-electron chi connectivity index (χ1n) is 13.0. The van der Waals surface area contributed by atoms with Gasteiger partial charge in [0.05, 0.1) is 17.4 Å². The summed E-state index contributed by atoms with van der Waals surface area (Å²) in [6.45, 7) is 11.1. The Kier molecular flexibility index (Phi) is 7.05. The number of aromatic nitrogens is 4. The molecule has 0 spiro atoms. The van der Waals surface area contributed by atoms with E-state index in [1.165, 1.54) is 0 Å². The van der Waals surface area contributed by atoms with E-state index < -0.39 is 0 Å². The molecule has 3 aromatic heterocycles. The van der Waals surface area contributed by atoms with Gasteiger partial charge in [-0.25, -0.2) is 4.68 Å². The van der Waals surface area contributed by atoms with Crippen LogP contribution in [0.1, 0.15) is 52.9 Å². The Balaban J connectivity index is 1.34. The Hall–Kier alpha value is -4.31. The molecular formula is C29H33N7O3. The lowest BCUT2D eigenvalue weighted by Gasteiger charge is -2.32. The summed E-state index contributed by atoms with van der Waals surface area (Å²) in [5.74, 6) is 0.286. The van der Waals surface area contributed by atoms with Crippen LogP contribution < -0.4 is 5.32 Å². The van der Waals surface area contributed by atoms with Crippen molar-refractivity contribution in [2.24, 2.45) is 0 Å². The standard InChI is InChI=1S/C29H33N7O3/c1-19-6-7-23(32-27(37)24-14-26(39-33-24)29(2,3)4)13-25(19)36-18-22(17-31-36)20-12-21(16-30-15-20)28(38)35-10-8-34(5)9-11-35/h6-7,12-18H,8-11H2,1-5H3,(H,32,37). The first-order chi connectivity index (χ1) is 18.6. The normalized spacial score (nSPS) is 14.4. The van der Waals surface area contributed by atoms with Gasteiger partial charge in [0.25, 0.3) is 11.8 Å². The fourth-order valence-corrected chi connectivity index (χ4v) is 4.38. The van der Waals surface area contributed by atoms with Crippen molar-refractivity contribution in [3.05, 3.63) is 77.7 Å². The van der Waals surface area contributed by atoms with Crippen molar-refractivity contribution in [1.82, 2.24) is 29.7 Å². The molecule has 0 saturated carbocycles. The number of amides is 2. The van der Waals surface area contributed by atoms with Gasteiger partial charge in [-0.1, -0.05) is 32.0 Å². The third-order valence-corrected chi connectivity index (χ3v) is 6.89. The second-order valence-electron chi connectivity index (χ2n) is 11.0. The van der Waals surface area contributed by atoms with Gasteiger partial charge in [0.2, 0.25) is 0 Å². The minimum absolute atomic E-state index is 0.00846. The predicted molar refractivity (Wildman–Crippen MR) is 148 cm³/mol. The lowest BCUT2D eigenvalue weighted by atomic mass is 9.93. The Morgan fingerprint density at radius 2 is 1.74 bits per heavy atom. The lowest BCUT2D eigenvalue weighted by Crippen LogP contribution is -2.47. The Labute approximate surface area is 227 Å². The molecule has 0 radical (unpaired) electrons. The van der Waals surface area contributed by atoms with Crippen LogP contribution in [0.2, 0.25) is 0 Å². The van der Waals surface area contributed by atoms with Crippen LogP contribution >= 0.6 is 0 Å². The van der Waals surface area contributed by atoms with Crippen LogP contribution in [0.4, 0.5) is 5.69 Å². The molecule has 10 nitrogen and oxygen atoms in total. The number of nitrogens with one attached hydrogen (secondary N) is 1. The number of piperazine rings is 1. The molecule has 1 aliphatic rings. The molecule has 1 saturated heterocycles. The molecule has 1 N–H and O–H groups in total. The molecule has 202 valence electrons. The highest BCUT2D eigenvalue weighted by atomic mass is 16.5. The predicted octanol–water partition coefficient (Wildman–Crippen LogP) is 4.17. The van der Waals surface area contributed by atoms with Gasteiger partial charge >= 0.3 is 0 Å². The number of likely N-dealkylation sites (N-methyl/N-ethyl adjacent to an activating group) is 1. The second-order valence-corrected chi connectivity index (χ2v) is 11.0. The number of aryl methyl sites for hydroxylation is 1. The molecule has 5 rings (SSSR count). The Morgan fingerprint density at radius 3 is 2.46 bits per heavy atom. The maximum atomic E-state index is 13.0. The largest absolute Gasteiger partial charge is 0.360 e. The summed E-state index contributed by atoms with van der Waals surface area (Å²) in [6.07, 6.45) is 6.98. The average Bonchev–Trinajstić information content (AvgIpc) is 3.61. The van der Waals surface area contributed by atoms with Crippen LogP contribution in [0.15, 0.2) is 59.6 Å². The van der Waals surface area contributed by atoms with Crippen molar-refractivity contribution < 1.29 is 14.1 Å². The first-order valence-corrected chi connectivity index (χ1v) is 13.0. The molecule has 4 heterocycles. The van der Waals surface area contributed by atoms with Gasteiger partial charge in [-0.3, -0.25) is 14.6 Å². The van der Waals surface area contributed by atoms with Gasteiger partial charge in [0, 0.05) is 73.1 Å². The van der Waals surface area contributed by atoms with Gasteiger partial charge in [0.1, 0.15) is 5.76 Å². The smallest absolute Gasteiger partial charge is 0.277 e. The number of benzene rings is 1. The van der Waals surface area contributed by atoms with Gasteiger partial charge in [0.15, 0.2) is 5.69 Å². The van der Waals surface area contributed by atoms with Crippen molar-refractivity contribution in [2.45, 2.75) is 33.1 Å². The van der Waals surface area contributed by atoms with Crippen LogP contribution in [0.5, 0.6) is 0 Å². The van der Waals surface area contributed by atoms with Crippen molar-refractivity contribution >= 4 is 17.5 Å². The maximum absolute atomic E-state index is 13.0. The summed E-state index contributed by atoms with van der Waals surface area (Å²) < 4.78 is 7.10. The zero-order chi connectivity index (χ0) is 27.7. The van der Waals surface area contributed by atoms with Gasteiger partial charge in [-0.05, 0) is 37.7 Å². The Morgan fingerprint density at radius 1 is 0.974 bits per heavy atom. The summed E-state index contributed by atoms with van der Waals surface area (Å²) in [5.41, 5.74) is 4.59. The number of pyridine rings is 1. The van der Waals surface area contributed by atoms with Crippen molar-refractivity contribution in [3.8, 4) is 16.8 Å². The van der Waals surface area contributed by atoms with Crippen LogP contribution in [0.3, 0.4) is 0 Å². The van der Waals surface area contributed by atoms with E-state index in [-0.39, 0.29) is 22.9 Å². The van der Waals surface area contributed by atoms with Crippen LogP contribution in [-0.4, -0.2) is 74.8 Å². The number of rotatable bonds is 5. The summed E-state index contributed by atoms with van der Waals surface area (Å²) in [7, 11) is 2.06. The molecule has 39 heavy (non-hydrogen) atoms. The molecule has 1 fully saturated rings. The molecule has 1 aliphatic heterocycles. The van der Waals surface area contributed by atoms with Crippen LogP contribution in [0, 0.1) is 6.92 Å². The third kappa shape index (κ3) is 5.75. The third-order valence-electron chi connectivity index (χ3n) is 6.89. The van der Waals surface area contributed by atoms with Crippen LogP contribution in [-0.2, 0) is 5.41 Å². The molecule has 0 atom stereocenters. The van der Waals surface area contributed by atoms with E-state index in [9.17, 15) is 9.59 Å². The van der Waals surface area contributed by atoms with Gasteiger partial charge in [-0.15, -0.1) is 0 Å². The SMILES string of the molecule is Cc1ccc(NC(=O)c2cc(C(C)(C)C)on2)cc1-n1cc(-c2cncc(C(=O)N3CCN(C)CC3)c2)cn1. The van der Waals surface area contributed by atoms with Crippen molar-refractivity contribution in [1.29, 1.82) is 0 Å². The van der Waals surface area contributed by atoms with Crippen molar-refractivity contribution in [3.63, 3.8) is 0 Å². The molecule has 0 aliphatic carbocycles. The summed E-state index contributed by atoms with van der Waals surface area (Å²) >= 11 is 0. The minimum Gasteiger partial charge on any atom is -0.360 e. The molecule has 10 heteroatoms. The van der Waals surface area contributed by atoms with E-state index in [1.807, 2.05) is 63.1 Å². The first kappa shape index (κ1) is 26.3. The quantitative estimate of drug-likeness (QED) is 0.415. The number of carbonyl (C=O) groups is 2. The van der Waals surface area contributed by atoms with Gasteiger partial charge in [-0.2, -0.15) is 5.10 Å². The number of hydrogen-bond acceptors (Lipinski definition) is 7.